The van der Waals surface area contributed by atoms with E-state index in [2.05, 4.69) is 25.7 Å². The summed E-state index contributed by atoms with van der Waals surface area (Å²) < 4.78 is 17.9. The quantitative estimate of drug-likeness (QED) is 0.313. The second-order valence-electron chi connectivity index (χ2n) is 8.24. The number of fused-ring (bicyclic) bond motifs is 2. The SMILES string of the molecule is CCCCCOc1cccc(C(=O)N(CCN(CC)CC)c2nc3cc4c(cc3s2)OCO4)c1. The van der Waals surface area contributed by atoms with Crippen LogP contribution in [0.5, 0.6) is 17.2 Å². The van der Waals surface area contributed by atoms with Gasteiger partial charge >= 0.3 is 0 Å². The fourth-order valence-corrected chi connectivity index (χ4v) is 4.90. The third-order valence-electron chi connectivity index (χ3n) is 5.98. The summed E-state index contributed by atoms with van der Waals surface area (Å²) >= 11 is 1.49. The standard InChI is InChI=1S/C26H33N3O4S/c1-4-7-8-14-31-20-11-9-10-19(15-20)25(30)29(13-12-28(5-2)6-3)26-27-21-16-22-23(33-18-32-22)17-24(21)34-26/h9-11,15-17H,4-8,12-14,18H2,1-3H3. The summed E-state index contributed by atoms with van der Waals surface area (Å²) in [5.74, 6) is 2.06. The van der Waals surface area contributed by atoms with Gasteiger partial charge < -0.3 is 19.1 Å². The van der Waals surface area contributed by atoms with E-state index in [9.17, 15) is 4.79 Å². The van der Waals surface area contributed by atoms with Gasteiger partial charge in [-0.3, -0.25) is 9.69 Å². The molecule has 0 saturated heterocycles. The van der Waals surface area contributed by atoms with Crippen molar-refractivity contribution in [3.63, 3.8) is 0 Å². The third kappa shape index (κ3) is 5.62. The molecule has 1 aliphatic heterocycles. The lowest BCUT2D eigenvalue weighted by molar-refractivity contribution is 0.0983. The predicted molar refractivity (Wildman–Crippen MR) is 137 cm³/mol. The number of anilines is 1. The van der Waals surface area contributed by atoms with E-state index in [0.717, 1.165) is 60.6 Å². The van der Waals surface area contributed by atoms with Crippen LogP contribution in [0.15, 0.2) is 36.4 Å². The van der Waals surface area contributed by atoms with Crippen LogP contribution in [0.25, 0.3) is 10.2 Å². The predicted octanol–water partition coefficient (Wildman–Crippen LogP) is 5.58. The van der Waals surface area contributed by atoms with Gasteiger partial charge in [0.1, 0.15) is 5.75 Å². The molecule has 4 rings (SSSR count). The molecule has 1 aliphatic rings. The van der Waals surface area contributed by atoms with Crippen LogP contribution in [0.3, 0.4) is 0 Å². The molecule has 0 fully saturated rings. The van der Waals surface area contributed by atoms with Crippen molar-refractivity contribution in [3.8, 4) is 17.2 Å². The number of likely N-dealkylation sites (N-methyl/N-ethyl adjacent to an activating group) is 1. The van der Waals surface area contributed by atoms with Crippen LogP contribution in [0, 0.1) is 0 Å². The number of thiazole rings is 1. The molecule has 0 aliphatic carbocycles. The van der Waals surface area contributed by atoms with Crippen molar-refractivity contribution >= 4 is 32.6 Å². The molecule has 0 atom stereocenters. The molecule has 0 unspecified atom stereocenters. The second kappa shape index (κ2) is 11.5. The number of carbonyl (C=O) groups excluding carboxylic acids is 1. The summed E-state index contributed by atoms with van der Waals surface area (Å²) in [6, 6.07) is 11.3. The molecule has 7 nitrogen and oxygen atoms in total. The summed E-state index contributed by atoms with van der Waals surface area (Å²) in [5, 5.41) is 0.671. The van der Waals surface area contributed by atoms with E-state index in [-0.39, 0.29) is 12.7 Å². The summed E-state index contributed by atoms with van der Waals surface area (Å²) in [6.07, 6.45) is 3.29. The molecular formula is C26H33N3O4S. The maximum Gasteiger partial charge on any atom is 0.260 e. The minimum absolute atomic E-state index is 0.0785. The lowest BCUT2D eigenvalue weighted by Crippen LogP contribution is -2.38. The number of hydrogen-bond acceptors (Lipinski definition) is 7. The molecule has 182 valence electrons. The minimum Gasteiger partial charge on any atom is -0.494 e. The van der Waals surface area contributed by atoms with Crippen LogP contribution < -0.4 is 19.1 Å². The highest BCUT2D eigenvalue weighted by molar-refractivity contribution is 7.22. The number of aromatic nitrogens is 1. The largest absolute Gasteiger partial charge is 0.494 e. The van der Waals surface area contributed by atoms with E-state index in [0.29, 0.717) is 29.6 Å². The number of carbonyl (C=O) groups is 1. The summed E-state index contributed by atoms with van der Waals surface area (Å²) in [5.41, 5.74) is 1.40. The van der Waals surface area contributed by atoms with Crippen molar-refractivity contribution in [2.75, 3.05) is 44.5 Å². The molecule has 1 aromatic heterocycles. The molecular weight excluding hydrogens is 450 g/mol. The number of ether oxygens (including phenoxy) is 3. The monoisotopic (exact) mass is 483 g/mol. The maximum atomic E-state index is 13.7. The van der Waals surface area contributed by atoms with E-state index < -0.39 is 0 Å². The Labute approximate surface area is 205 Å². The number of nitrogens with zero attached hydrogens (tertiary/aromatic N) is 3. The average Bonchev–Trinajstić information content (AvgIpc) is 3.48. The molecule has 2 heterocycles. The molecule has 0 bridgehead atoms. The van der Waals surface area contributed by atoms with E-state index in [1.54, 1.807) is 4.90 Å². The zero-order chi connectivity index (χ0) is 23.9. The number of unbranched alkanes of at least 4 members (excludes halogenated alkanes) is 2. The number of rotatable bonds is 12. The van der Waals surface area contributed by atoms with Gasteiger partial charge in [-0.05, 0) is 37.7 Å². The Morgan fingerprint density at radius 2 is 1.85 bits per heavy atom. The van der Waals surface area contributed by atoms with Crippen LogP contribution in [-0.2, 0) is 0 Å². The molecule has 0 N–H and O–H groups in total. The molecule has 8 heteroatoms. The third-order valence-corrected chi connectivity index (χ3v) is 7.02. The first-order valence-electron chi connectivity index (χ1n) is 12.1. The van der Waals surface area contributed by atoms with Gasteiger partial charge in [0.25, 0.3) is 5.91 Å². The Morgan fingerprint density at radius 1 is 1.06 bits per heavy atom. The number of hydrogen-bond donors (Lipinski definition) is 0. The summed E-state index contributed by atoms with van der Waals surface area (Å²) in [4.78, 5) is 22.6. The second-order valence-corrected chi connectivity index (χ2v) is 9.25. The first-order chi connectivity index (χ1) is 16.6. The first-order valence-corrected chi connectivity index (χ1v) is 12.9. The van der Waals surface area contributed by atoms with Gasteiger partial charge in [0.05, 0.1) is 16.8 Å². The lowest BCUT2D eigenvalue weighted by atomic mass is 10.2. The summed E-state index contributed by atoms with van der Waals surface area (Å²) in [6.45, 7) is 10.5. The van der Waals surface area contributed by atoms with Gasteiger partial charge in [0.15, 0.2) is 16.6 Å². The summed E-state index contributed by atoms with van der Waals surface area (Å²) in [7, 11) is 0. The highest BCUT2D eigenvalue weighted by Crippen LogP contribution is 2.40. The fourth-order valence-electron chi connectivity index (χ4n) is 3.90. The molecule has 0 saturated carbocycles. The van der Waals surface area contributed by atoms with Gasteiger partial charge in [-0.2, -0.15) is 0 Å². The molecule has 2 aromatic carbocycles. The van der Waals surface area contributed by atoms with Gasteiger partial charge in [0, 0.05) is 30.8 Å². The average molecular weight is 484 g/mol. The van der Waals surface area contributed by atoms with Crippen molar-refractivity contribution < 1.29 is 19.0 Å². The minimum atomic E-state index is -0.0785. The van der Waals surface area contributed by atoms with E-state index in [4.69, 9.17) is 19.2 Å². The Balaban J connectivity index is 1.59. The Bertz CT molecular complexity index is 1070. The molecule has 3 aromatic rings. The van der Waals surface area contributed by atoms with Crippen molar-refractivity contribution in [1.82, 2.24) is 9.88 Å². The van der Waals surface area contributed by atoms with Crippen molar-refractivity contribution in [1.29, 1.82) is 0 Å². The highest BCUT2D eigenvalue weighted by atomic mass is 32.1. The smallest absolute Gasteiger partial charge is 0.260 e. The molecule has 0 spiro atoms. The first kappa shape index (κ1) is 24.3. The normalized spacial score (nSPS) is 12.5. The van der Waals surface area contributed by atoms with E-state index >= 15 is 0 Å². The van der Waals surface area contributed by atoms with Crippen LogP contribution in [-0.4, -0.2) is 55.4 Å². The van der Waals surface area contributed by atoms with Gasteiger partial charge in [0.2, 0.25) is 6.79 Å². The van der Waals surface area contributed by atoms with Crippen molar-refractivity contribution in [2.45, 2.75) is 40.0 Å². The highest BCUT2D eigenvalue weighted by Gasteiger charge is 2.24. The van der Waals surface area contributed by atoms with Crippen LogP contribution >= 0.6 is 11.3 Å². The fraction of sp³-hybridized carbons (Fsp3) is 0.462. The maximum absolute atomic E-state index is 13.7. The Hall–Kier alpha value is -2.84. The molecule has 1 amide bonds. The van der Waals surface area contributed by atoms with Gasteiger partial charge in [-0.25, -0.2) is 4.98 Å². The van der Waals surface area contributed by atoms with Crippen LogP contribution in [0.1, 0.15) is 50.4 Å². The zero-order valence-electron chi connectivity index (χ0n) is 20.2. The molecule has 34 heavy (non-hydrogen) atoms. The van der Waals surface area contributed by atoms with Crippen LogP contribution in [0.2, 0.25) is 0 Å². The molecule has 0 radical (unpaired) electrons. The number of benzene rings is 2. The van der Waals surface area contributed by atoms with Crippen LogP contribution in [0.4, 0.5) is 5.13 Å². The van der Waals surface area contributed by atoms with E-state index in [1.807, 2.05) is 36.4 Å². The van der Waals surface area contributed by atoms with Gasteiger partial charge in [-0.15, -0.1) is 0 Å². The Kier molecular flexibility index (Phi) is 8.24. The zero-order valence-corrected chi connectivity index (χ0v) is 21.0. The van der Waals surface area contributed by atoms with Crippen molar-refractivity contribution in [3.05, 3.63) is 42.0 Å². The lowest BCUT2D eigenvalue weighted by Gasteiger charge is -2.25. The van der Waals surface area contributed by atoms with Gasteiger partial charge in [-0.1, -0.05) is 51.0 Å². The van der Waals surface area contributed by atoms with E-state index in [1.165, 1.54) is 11.3 Å². The number of amides is 1. The topological polar surface area (TPSA) is 64.1 Å². The van der Waals surface area contributed by atoms with Crippen molar-refractivity contribution in [2.24, 2.45) is 0 Å². The Morgan fingerprint density at radius 3 is 2.62 bits per heavy atom.